The molecule has 0 saturated heterocycles. The summed E-state index contributed by atoms with van der Waals surface area (Å²) in [5.41, 5.74) is 4.67. The molecular weight excluding hydrogens is 312 g/mol. The van der Waals surface area contributed by atoms with Gasteiger partial charge in [0, 0.05) is 43.9 Å². The third-order valence-electron chi connectivity index (χ3n) is 5.54. The lowest BCUT2D eigenvalue weighted by Gasteiger charge is -2.32. The maximum absolute atomic E-state index is 12.8. The van der Waals surface area contributed by atoms with Gasteiger partial charge >= 0.3 is 0 Å². The minimum absolute atomic E-state index is 0.0787. The Hall–Kier alpha value is -2.14. The second kappa shape index (κ2) is 6.30. The topological polar surface area (TPSA) is 50.2 Å². The van der Waals surface area contributed by atoms with Crippen molar-refractivity contribution in [3.05, 3.63) is 47.0 Å². The molecule has 1 atom stereocenters. The normalized spacial score (nSPS) is 20.8. The van der Waals surface area contributed by atoms with Gasteiger partial charge in [0.05, 0.1) is 11.7 Å². The van der Waals surface area contributed by atoms with Gasteiger partial charge in [-0.1, -0.05) is 32.0 Å². The van der Waals surface area contributed by atoms with E-state index in [1.807, 2.05) is 18.2 Å². The number of fused-ring (bicyclic) bond motifs is 2. The number of carbonyl (C=O) groups is 1. The van der Waals surface area contributed by atoms with Gasteiger partial charge in [0.15, 0.2) is 0 Å². The molecule has 5 nitrogen and oxygen atoms in total. The van der Waals surface area contributed by atoms with E-state index in [0.29, 0.717) is 5.92 Å². The Balaban J connectivity index is 1.56. The first-order chi connectivity index (χ1) is 12.0. The number of carbonyl (C=O) groups excluding carboxylic acids is 1. The van der Waals surface area contributed by atoms with E-state index in [4.69, 9.17) is 4.98 Å². The molecule has 1 N–H and O–H groups in total. The molecule has 2 aliphatic rings. The standard InChI is InChI=1S/C20H26N4O/c1-13(2)19-21-16-12-24(11-10-17(16)23(19)3)18-9-8-14-6-4-5-7-15(14)22-20(18)25/h4-7,13,18H,8-12H2,1-3H3,(H,22,25)/t18-/m0/s1. The fourth-order valence-corrected chi connectivity index (χ4v) is 4.20. The molecule has 1 aromatic carbocycles. The lowest BCUT2D eigenvalue weighted by Crippen LogP contribution is -2.46. The average molecular weight is 338 g/mol. The van der Waals surface area contributed by atoms with Crippen LogP contribution in [0.4, 0.5) is 5.69 Å². The largest absolute Gasteiger partial charge is 0.335 e. The Labute approximate surface area is 149 Å². The summed E-state index contributed by atoms with van der Waals surface area (Å²) in [5, 5.41) is 3.12. The molecule has 1 aromatic heterocycles. The van der Waals surface area contributed by atoms with Gasteiger partial charge in [0.2, 0.25) is 5.91 Å². The molecule has 25 heavy (non-hydrogen) atoms. The molecule has 0 unspecified atom stereocenters. The van der Waals surface area contributed by atoms with E-state index >= 15 is 0 Å². The fourth-order valence-electron chi connectivity index (χ4n) is 4.20. The maximum atomic E-state index is 12.8. The van der Waals surface area contributed by atoms with E-state index in [-0.39, 0.29) is 11.9 Å². The molecule has 0 radical (unpaired) electrons. The molecule has 1 amide bonds. The van der Waals surface area contributed by atoms with E-state index in [2.05, 4.69) is 41.7 Å². The van der Waals surface area contributed by atoms with Gasteiger partial charge in [-0.25, -0.2) is 4.98 Å². The summed E-state index contributed by atoms with van der Waals surface area (Å²) in [4.78, 5) is 20.0. The molecule has 3 heterocycles. The van der Waals surface area contributed by atoms with Crippen LogP contribution in [0.1, 0.15) is 49.0 Å². The molecule has 2 aromatic rings. The second-order valence-electron chi connectivity index (χ2n) is 7.50. The smallest absolute Gasteiger partial charge is 0.241 e. The summed E-state index contributed by atoms with van der Waals surface area (Å²) in [7, 11) is 2.12. The highest BCUT2D eigenvalue weighted by Gasteiger charge is 2.33. The van der Waals surface area contributed by atoms with Crippen LogP contribution in [-0.4, -0.2) is 32.9 Å². The van der Waals surface area contributed by atoms with Crippen molar-refractivity contribution in [1.82, 2.24) is 14.5 Å². The predicted molar refractivity (Wildman–Crippen MR) is 98.6 cm³/mol. The zero-order valence-electron chi connectivity index (χ0n) is 15.2. The third kappa shape index (κ3) is 2.86. The van der Waals surface area contributed by atoms with Gasteiger partial charge in [-0.15, -0.1) is 0 Å². The van der Waals surface area contributed by atoms with Gasteiger partial charge in [-0.3, -0.25) is 9.69 Å². The van der Waals surface area contributed by atoms with Gasteiger partial charge in [0.1, 0.15) is 5.82 Å². The Morgan fingerprint density at radius 1 is 1.24 bits per heavy atom. The first kappa shape index (κ1) is 16.3. The van der Waals surface area contributed by atoms with Crippen LogP contribution in [0.3, 0.4) is 0 Å². The number of benzene rings is 1. The van der Waals surface area contributed by atoms with Crippen molar-refractivity contribution in [3.63, 3.8) is 0 Å². The number of rotatable bonds is 2. The number of nitrogens with one attached hydrogen (secondary N) is 1. The van der Waals surface area contributed by atoms with E-state index in [1.54, 1.807) is 0 Å². The number of para-hydroxylation sites is 1. The van der Waals surface area contributed by atoms with Crippen LogP contribution in [0.2, 0.25) is 0 Å². The van der Waals surface area contributed by atoms with Gasteiger partial charge in [-0.2, -0.15) is 0 Å². The number of amides is 1. The van der Waals surface area contributed by atoms with Crippen LogP contribution in [0.25, 0.3) is 0 Å². The monoisotopic (exact) mass is 338 g/mol. The summed E-state index contributed by atoms with van der Waals surface area (Å²) in [6.07, 6.45) is 2.76. The van der Waals surface area contributed by atoms with Crippen molar-refractivity contribution >= 4 is 11.6 Å². The van der Waals surface area contributed by atoms with Crippen LogP contribution in [-0.2, 0) is 31.2 Å². The molecule has 5 heteroatoms. The third-order valence-corrected chi connectivity index (χ3v) is 5.54. The van der Waals surface area contributed by atoms with Gasteiger partial charge < -0.3 is 9.88 Å². The van der Waals surface area contributed by atoms with E-state index < -0.39 is 0 Å². The van der Waals surface area contributed by atoms with E-state index in [1.165, 1.54) is 11.3 Å². The highest BCUT2D eigenvalue weighted by molar-refractivity contribution is 5.96. The van der Waals surface area contributed by atoms with Crippen molar-refractivity contribution in [3.8, 4) is 0 Å². The molecule has 0 spiro atoms. The summed E-state index contributed by atoms with van der Waals surface area (Å²) in [6, 6.07) is 8.05. The van der Waals surface area contributed by atoms with Crippen molar-refractivity contribution in [2.45, 2.75) is 51.6 Å². The molecule has 132 valence electrons. The zero-order chi connectivity index (χ0) is 17.6. The molecule has 0 aliphatic carbocycles. The predicted octanol–water partition coefficient (Wildman–Crippen LogP) is 2.86. The number of imidazole rings is 1. The SMILES string of the molecule is CC(C)c1nc2c(n1C)CCN([C@H]1CCc3ccccc3NC1=O)C2. The number of anilines is 1. The summed E-state index contributed by atoms with van der Waals surface area (Å²) in [6.45, 7) is 6.05. The quantitative estimate of drug-likeness (QED) is 0.916. The first-order valence-electron chi connectivity index (χ1n) is 9.21. The highest BCUT2D eigenvalue weighted by atomic mass is 16.2. The Kier molecular flexibility index (Phi) is 4.12. The molecule has 0 fully saturated rings. The minimum Gasteiger partial charge on any atom is -0.335 e. The summed E-state index contributed by atoms with van der Waals surface area (Å²) in [5.74, 6) is 1.68. The van der Waals surface area contributed by atoms with Crippen LogP contribution >= 0.6 is 0 Å². The number of nitrogens with zero attached hydrogens (tertiary/aromatic N) is 3. The van der Waals surface area contributed by atoms with Crippen molar-refractivity contribution in [1.29, 1.82) is 0 Å². The molecule has 4 rings (SSSR count). The van der Waals surface area contributed by atoms with Gasteiger partial charge in [-0.05, 0) is 24.5 Å². The van der Waals surface area contributed by atoms with Crippen LogP contribution in [0.5, 0.6) is 0 Å². The second-order valence-corrected chi connectivity index (χ2v) is 7.50. The Morgan fingerprint density at radius 3 is 2.84 bits per heavy atom. The molecule has 0 saturated carbocycles. The lowest BCUT2D eigenvalue weighted by atomic mass is 10.0. The number of hydrogen-bond donors (Lipinski definition) is 1. The van der Waals surface area contributed by atoms with Gasteiger partial charge in [0.25, 0.3) is 0 Å². The number of hydrogen-bond acceptors (Lipinski definition) is 3. The molecule has 0 bridgehead atoms. The number of aromatic nitrogens is 2. The van der Waals surface area contributed by atoms with Crippen LogP contribution in [0.15, 0.2) is 24.3 Å². The molecular formula is C20H26N4O. The van der Waals surface area contributed by atoms with E-state index in [9.17, 15) is 4.79 Å². The fraction of sp³-hybridized carbons (Fsp3) is 0.500. The van der Waals surface area contributed by atoms with Crippen molar-refractivity contribution < 1.29 is 4.79 Å². The maximum Gasteiger partial charge on any atom is 0.241 e. The lowest BCUT2D eigenvalue weighted by molar-refractivity contribution is -0.121. The minimum atomic E-state index is -0.0787. The van der Waals surface area contributed by atoms with Crippen molar-refractivity contribution in [2.75, 3.05) is 11.9 Å². The van der Waals surface area contributed by atoms with E-state index in [0.717, 1.165) is 49.6 Å². The highest BCUT2D eigenvalue weighted by Crippen LogP contribution is 2.28. The Bertz CT molecular complexity index is 808. The average Bonchev–Trinajstić information content (AvgIpc) is 2.83. The van der Waals surface area contributed by atoms with Crippen LogP contribution in [0, 0.1) is 0 Å². The zero-order valence-corrected chi connectivity index (χ0v) is 15.2. The van der Waals surface area contributed by atoms with Crippen molar-refractivity contribution in [2.24, 2.45) is 7.05 Å². The Morgan fingerprint density at radius 2 is 2.04 bits per heavy atom. The summed E-state index contributed by atoms with van der Waals surface area (Å²) >= 11 is 0. The summed E-state index contributed by atoms with van der Waals surface area (Å²) < 4.78 is 2.25. The van der Waals surface area contributed by atoms with Crippen LogP contribution < -0.4 is 5.32 Å². The first-order valence-corrected chi connectivity index (χ1v) is 9.21. The molecule has 2 aliphatic heterocycles. The number of aryl methyl sites for hydroxylation is 1.